The van der Waals surface area contributed by atoms with Gasteiger partial charge in [0.05, 0.1) is 33.5 Å². The van der Waals surface area contributed by atoms with Gasteiger partial charge in [-0.3, -0.25) is 0 Å². The van der Waals surface area contributed by atoms with Crippen molar-refractivity contribution in [3.8, 4) is 30.3 Å². The Morgan fingerprint density at radius 1 is 0.375 bits per heavy atom. The number of nitriles is 5. The Bertz CT molecular complexity index is 2510. The number of hydrogen-bond acceptors (Lipinski definition) is 6. The molecule has 0 bridgehead atoms. The van der Waals surface area contributed by atoms with Crippen molar-refractivity contribution in [2.24, 2.45) is 5.73 Å². The largest absolute Gasteiger partial charge is 0.420 e. The summed E-state index contributed by atoms with van der Waals surface area (Å²) in [5, 5.41) is 46.5. The van der Waals surface area contributed by atoms with Crippen molar-refractivity contribution in [2.75, 3.05) is 0 Å². The molecule has 0 saturated heterocycles. The molecule has 0 atom stereocenters. The van der Waals surface area contributed by atoms with E-state index < -0.39 is 155 Å². The first-order chi connectivity index (χ1) is 25.7. The quantitative estimate of drug-likeness (QED) is 0.159. The third kappa shape index (κ3) is 6.13. The summed E-state index contributed by atoms with van der Waals surface area (Å²) in [5.41, 5.74) is -30.6. The van der Waals surface area contributed by atoms with Crippen molar-refractivity contribution in [2.45, 2.75) is 18.5 Å². The zero-order chi connectivity index (χ0) is 42.9. The lowest BCUT2D eigenvalue weighted by atomic mass is 9.95. The van der Waals surface area contributed by atoms with Gasteiger partial charge >= 0.3 is 18.5 Å². The fourth-order valence-corrected chi connectivity index (χ4v) is 5.33. The number of alkyl halides is 9. The summed E-state index contributed by atoms with van der Waals surface area (Å²) in [6.07, 6.45) is -18.5. The van der Waals surface area contributed by atoms with Crippen LogP contribution in [-0.4, -0.2) is 0 Å². The van der Waals surface area contributed by atoms with Crippen molar-refractivity contribution in [1.82, 2.24) is 0 Å². The van der Waals surface area contributed by atoms with Gasteiger partial charge in [-0.2, -0.15) is 65.8 Å². The maximum atomic E-state index is 15.5. The molecular weight excluding hydrogens is 810 g/mol. The Morgan fingerprint density at radius 3 is 0.857 bits per heavy atom. The van der Waals surface area contributed by atoms with Gasteiger partial charge < -0.3 is 5.73 Å². The molecule has 1 saturated carbocycles. The van der Waals surface area contributed by atoms with Gasteiger partial charge in [-0.1, -0.05) is 0 Å². The Labute approximate surface area is 296 Å². The van der Waals surface area contributed by atoms with Gasteiger partial charge in [0.15, 0.2) is 34.9 Å². The molecule has 56 heavy (non-hydrogen) atoms. The monoisotopic (exact) mass is 812 g/mol. The Hall–Kier alpha value is -7.13. The van der Waals surface area contributed by atoms with E-state index in [1.165, 1.54) is 0 Å². The van der Waals surface area contributed by atoms with Gasteiger partial charge in [-0.15, -0.1) is 0 Å². The summed E-state index contributed by atoms with van der Waals surface area (Å²) in [5.74, 6) is -26.7. The van der Waals surface area contributed by atoms with E-state index in [4.69, 9.17) is 21.5 Å². The van der Waals surface area contributed by atoms with Crippen molar-refractivity contribution in [1.29, 1.82) is 26.3 Å². The zero-order valence-corrected chi connectivity index (χ0v) is 25.6. The summed E-state index contributed by atoms with van der Waals surface area (Å²) in [4.78, 5) is 0. The summed E-state index contributed by atoms with van der Waals surface area (Å²) in [6.45, 7) is 0. The predicted molar refractivity (Wildman–Crippen MR) is 144 cm³/mol. The summed E-state index contributed by atoms with van der Waals surface area (Å²) in [7, 11) is 0. The molecule has 3 aromatic rings. The van der Waals surface area contributed by atoms with Gasteiger partial charge in [0.2, 0.25) is 0 Å². The topological polar surface area (TPSA) is 145 Å². The van der Waals surface area contributed by atoms with Crippen LogP contribution in [0, 0.1) is 109 Å². The highest BCUT2D eigenvalue weighted by Gasteiger charge is 2.50. The van der Waals surface area contributed by atoms with E-state index in [1.807, 2.05) is 0 Å². The summed E-state index contributed by atoms with van der Waals surface area (Å²) >= 11 is 0. The lowest BCUT2D eigenvalue weighted by molar-refractivity contribution is -0.141. The first kappa shape index (κ1) is 41.6. The number of benzene rings is 3. The van der Waals surface area contributed by atoms with Crippen LogP contribution in [0.2, 0.25) is 0 Å². The highest BCUT2D eigenvalue weighted by molar-refractivity contribution is 6.10. The van der Waals surface area contributed by atoms with Crippen molar-refractivity contribution < 1.29 is 79.0 Å². The van der Waals surface area contributed by atoms with E-state index >= 15 is 26.3 Å². The molecule has 1 fully saturated rings. The average molecular weight is 812 g/mol. The van der Waals surface area contributed by atoms with Crippen LogP contribution in [0.15, 0.2) is 16.7 Å². The van der Waals surface area contributed by atoms with Crippen molar-refractivity contribution in [3.63, 3.8) is 0 Å². The summed E-state index contributed by atoms with van der Waals surface area (Å²) < 4.78 is 261. The maximum absolute atomic E-state index is 15.5. The van der Waals surface area contributed by atoms with Crippen LogP contribution >= 0.6 is 0 Å². The normalized spacial score (nSPS) is 15.6. The zero-order valence-electron chi connectivity index (χ0n) is 25.6. The van der Waals surface area contributed by atoms with Crippen LogP contribution < -0.4 is 5.73 Å². The molecular formula is C32H2F18N6. The molecule has 0 aromatic heterocycles. The molecule has 0 unspecified atom stereocenters. The number of hydrogen-bond donors (Lipinski definition) is 1. The second kappa shape index (κ2) is 13.6. The van der Waals surface area contributed by atoms with E-state index in [9.17, 15) is 63.2 Å². The van der Waals surface area contributed by atoms with E-state index in [0.717, 1.165) is 0 Å². The molecule has 0 radical (unpaired) electrons. The van der Waals surface area contributed by atoms with Crippen molar-refractivity contribution >= 4 is 16.8 Å². The number of halogens is 18. The first-order valence-corrected chi connectivity index (χ1v) is 13.6. The smallest absolute Gasteiger partial charge is 0.398 e. The number of nitrogens with zero attached hydrogens (tertiary/aromatic N) is 5. The molecule has 4 rings (SSSR count). The van der Waals surface area contributed by atoms with Crippen LogP contribution in [-0.2, 0) is 18.5 Å². The van der Waals surface area contributed by atoms with Crippen LogP contribution in [0.25, 0.3) is 16.8 Å². The molecule has 0 heterocycles. The second-order valence-electron chi connectivity index (χ2n) is 10.5. The fourth-order valence-electron chi connectivity index (χ4n) is 5.33. The molecule has 1 aliphatic rings. The maximum Gasteiger partial charge on any atom is 0.420 e. The Balaban J connectivity index is 2.45. The predicted octanol–water partition coefficient (Wildman–Crippen LogP) is 9.25. The standard InChI is InChI=1S/C32H2F18N6/c33-20-8(3-53)17(30(42,43)44)23(36)13(26(20)39)6(1-51)11-12(7(2-52)14-24(37)18(31(45,46)47)9(4-54)21(34)27(14)40)15(11)29(56)16-25(38)19(32(48,49)50)10(5-55)22(35)28(16)41/h56H2/b11-6-,12-7+,29-15?. The van der Waals surface area contributed by atoms with E-state index in [1.54, 1.807) is 0 Å². The van der Waals surface area contributed by atoms with Crippen molar-refractivity contribution in [3.05, 3.63) is 119 Å². The minimum Gasteiger partial charge on any atom is -0.398 e. The van der Waals surface area contributed by atoms with Crippen LogP contribution in [0.4, 0.5) is 79.0 Å². The SMILES string of the molecule is N#C/C(=C1\C(=C(N)c2c(F)c(F)c(C#N)c(C(F)(F)F)c2F)\C1=C(\C#N)c1c(F)c(F)c(C#N)c(C(F)(F)F)c1F)c1c(F)c(F)c(C#N)c(C(F)(F)F)c1F. The van der Waals surface area contributed by atoms with E-state index in [0.29, 0.717) is 30.3 Å². The lowest BCUT2D eigenvalue weighted by Gasteiger charge is -2.15. The highest BCUT2D eigenvalue weighted by Crippen LogP contribution is 2.57. The van der Waals surface area contributed by atoms with Crippen LogP contribution in [0.3, 0.4) is 0 Å². The molecule has 2 N–H and O–H groups in total. The van der Waals surface area contributed by atoms with Gasteiger partial charge in [-0.05, 0) is 0 Å². The van der Waals surface area contributed by atoms with Crippen LogP contribution in [0.1, 0.15) is 50.1 Å². The summed E-state index contributed by atoms with van der Waals surface area (Å²) in [6, 6.07) is 2.71. The molecule has 286 valence electrons. The molecule has 24 heteroatoms. The fraction of sp³-hybridized carbons (Fsp3) is 0.0938. The van der Waals surface area contributed by atoms with Crippen LogP contribution in [0.5, 0.6) is 0 Å². The molecule has 0 aliphatic heterocycles. The van der Waals surface area contributed by atoms with Gasteiger partial charge in [0, 0.05) is 16.7 Å². The first-order valence-electron chi connectivity index (χ1n) is 13.6. The average Bonchev–Trinajstić information content (AvgIpc) is 3.82. The minimum absolute atomic E-state index is 0.453. The van der Waals surface area contributed by atoms with Gasteiger partial charge in [-0.25, -0.2) is 39.5 Å². The minimum atomic E-state index is -6.18. The molecule has 6 nitrogen and oxygen atoms in total. The molecule has 0 spiro atoms. The molecule has 0 amide bonds. The molecule has 3 aromatic carbocycles. The Morgan fingerprint density at radius 2 is 0.625 bits per heavy atom. The number of nitrogens with two attached hydrogens (primary N) is 1. The van der Waals surface area contributed by atoms with Gasteiger partial charge in [0.1, 0.15) is 81.2 Å². The number of rotatable bonds is 3. The lowest BCUT2D eigenvalue weighted by Crippen LogP contribution is -2.18. The van der Waals surface area contributed by atoms with E-state index in [-0.39, 0.29) is 0 Å². The second-order valence-corrected chi connectivity index (χ2v) is 10.5. The molecule has 1 aliphatic carbocycles. The highest BCUT2D eigenvalue weighted by atomic mass is 19.4. The van der Waals surface area contributed by atoms with Gasteiger partial charge in [0.25, 0.3) is 0 Å². The third-order valence-electron chi connectivity index (χ3n) is 7.60. The third-order valence-corrected chi connectivity index (χ3v) is 7.60. The van der Waals surface area contributed by atoms with E-state index in [2.05, 4.69) is 0 Å². The Kier molecular flexibility index (Phi) is 10.1. The number of allylic oxidation sites excluding steroid dienone is 5.